The molecule has 2 aromatic rings. The van der Waals surface area contributed by atoms with Gasteiger partial charge in [-0.2, -0.15) is 5.10 Å². The van der Waals surface area contributed by atoms with Crippen molar-refractivity contribution in [3.63, 3.8) is 0 Å². The number of hydrogen-bond donors (Lipinski definition) is 3. The van der Waals surface area contributed by atoms with E-state index < -0.39 is 29.2 Å². The molecule has 0 spiro atoms. The van der Waals surface area contributed by atoms with E-state index in [-0.39, 0.29) is 6.54 Å². The van der Waals surface area contributed by atoms with Crippen molar-refractivity contribution in [2.24, 2.45) is 7.05 Å². The third kappa shape index (κ3) is 3.07. The minimum absolute atomic E-state index is 0.178. The first-order valence-corrected chi connectivity index (χ1v) is 8.15. The molecule has 9 heteroatoms. The minimum Gasteiger partial charge on any atom is -0.444 e. The maximum atomic E-state index is 12.7. The van der Waals surface area contributed by atoms with Crippen LogP contribution in [0.15, 0.2) is 24.3 Å². The van der Waals surface area contributed by atoms with Crippen LogP contribution in [0.5, 0.6) is 0 Å². The number of ether oxygens (including phenoxy) is 1. The second kappa shape index (κ2) is 6.01. The SMILES string of the molecule is Cn1nc2ccccc2c1[C@@]1(CNC(=O)OC(C)(C)C)NC(=O)NC1=O. The van der Waals surface area contributed by atoms with Crippen molar-refractivity contribution in [2.75, 3.05) is 6.54 Å². The molecular formula is C17H21N5O4. The summed E-state index contributed by atoms with van der Waals surface area (Å²) in [6.07, 6.45) is -0.683. The molecule has 3 N–H and O–H groups in total. The third-order valence-corrected chi connectivity index (χ3v) is 3.98. The first kappa shape index (κ1) is 17.7. The van der Waals surface area contributed by atoms with E-state index in [2.05, 4.69) is 21.0 Å². The molecule has 1 aromatic heterocycles. The molecule has 1 aliphatic rings. The van der Waals surface area contributed by atoms with Gasteiger partial charge in [-0.15, -0.1) is 0 Å². The van der Waals surface area contributed by atoms with E-state index in [4.69, 9.17) is 4.74 Å². The van der Waals surface area contributed by atoms with E-state index in [1.54, 1.807) is 27.8 Å². The quantitative estimate of drug-likeness (QED) is 0.711. The molecule has 0 aliphatic carbocycles. The number of fused-ring (bicyclic) bond motifs is 1. The fraction of sp³-hybridized carbons (Fsp3) is 0.412. The van der Waals surface area contributed by atoms with Crippen molar-refractivity contribution in [3.8, 4) is 0 Å². The number of aryl methyl sites for hydroxylation is 1. The predicted octanol–water partition coefficient (Wildman–Crippen LogP) is 1.13. The monoisotopic (exact) mass is 359 g/mol. The van der Waals surface area contributed by atoms with Gasteiger partial charge in [-0.3, -0.25) is 14.8 Å². The summed E-state index contributed by atoms with van der Waals surface area (Å²) in [6, 6.07) is 6.63. The number of nitrogens with one attached hydrogen (secondary N) is 3. The number of benzene rings is 1. The number of hydrogen-bond acceptors (Lipinski definition) is 5. The largest absolute Gasteiger partial charge is 0.444 e. The van der Waals surface area contributed by atoms with E-state index >= 15 is 0 Å². The average molecular weight is 359 g/mol. The van der Waals surface area contributed by atoms with Crippen LogP contribution in [0.2, 0.25) is 0 Å². The van der Waals surface area contributed by atoms with Gasteiger partial charge < -0.3 is 15.4 Å². The van der Waals surface area contributed by atoms with Crippen molar-refractivity contribution in [1.29, 1.82) is 0 Å². The Balaban J connectivity index is 2.01. The number of urea groups is 1. The summed E-state index contributed by atoms with van der Waals surface area (Å²) in [5, 5.41) is 12.5. The first-order chi connectivity index (χ1) is 12.1. The predicted molar refractivity (Wildman–Crippen MR) is 93.3 cm³/mol. The summed E-state index contributed by atoms with van der Waals surface area (Å²) in [5.41, 5.74) is -1.01. The second-order valence-corrected chi connectivity index (χ2v) is 7.16. The molecule has 138 valence electrons. The molecule has 1 atom stereocenters. The Morgan fingerprint density at radius 1 is 1.31 bits per heavy atom. The van der Waals surface area contributed by atoms with Crippen LogP contribution in [0.1, 0.15) is 26.5 Å². The Hall–Kier alpha value is -3.10. The summed E-state index contributed by atoms with van der Waals surface area (Å²) in [6.45, 7) is 5.03. The Bertz CT molecular complexity index is 898. The van der Waals surface area contributed by atoms with Crippen LogP contribution in [-0.2, 0) is 22.1 Å². The molecule has 0 unspecified atom stereocenters. The zero-order valence-corrected chi connectivity index (χ0v) is 15.0. The lowest BCUT2D eigenvalue weighted by atomic mass is 9.92. The third-order valence-electron chi connectivity index (χ3n) is 3.98. The summed E-state index contributed by atoms with van der Waals surface area (Å²) < 4.78 is 6.76. The van der Waals surface area contributed by atoms with Crippen LogP contribution in [-0.4, -0.2) is 40.0 Å². The van der Waals surface area contributed by atoms with Crippen LogP contribution in [0.4, 0.5) is 9.59 Å². The molecule has 1 aliphatic heterocycles. The lowest BCUT2D eigenvalue weighted by Crippen LogP contribution is -2.54. The van der Waals surface area contributed by atoms with Gasteiger partial charge in [0.1, 0.15) is 5.60 Å². The van der Waals surface area contributed by atoms with Crippen molar-refractivity contribution in [3.05, 3.63) is 30.0 Å². The zero-order chi connectivity index (χ0) is 19.1. The van der Waals surface area contributed by atoms with Gasteiger partial charge in [0, 0.05) is 12.4 Å². The number of alkyl carbamates (subject to hydrolysis) is 1. The van der Waals surface area contributed by atoms with Crippen LogP contribution < -0.4 is 16.0 Å². The number of carbonyl (C=O) groups is 3. The van der Waals surface area contributed by atoms with Gasteiger partial charge in [0.2, 0.25) is 0 Å². The Morgan fingerprint density at radius 3 is 2.62 bits per heavy atom. The molecule has 26 heavy (non-hydrogen) atoms. The first-order valence-electron chi connectivity index (χ1n) is 8.15. The van der Waals surface area contributed by atoms with Gasteiger partial charge in [0.15, 0.2) is 5.54 Å². The van der Waals surface area contributed by atoms with E-state index in [1.165, 1.54) is 4.68 Å². The lowest BCUT2D eigenvalue weighted by molar-refractivity contribution is -0.124. The number of amides is 4. The molecule has 3 rings (SSSR count). The Labute approximate surface area is 150 Å². The highest BCUT2D eigenvalue weighted by atomic mass is 16.6. The van der Waals surface area contributed by atoms with Crippen LogP contribution >= 0.6 is 0 Å². The molecular weight excluding hydrogens is 338 g/mol. The van der Waals surface area contributed by atoms with Crippen molar-refractivity contribution >= 4 is 28.9 Å². The highest BCUT2D eigenvalue weighted by Gasteiger charge is 2.51. The van der Waals surface area contributed by atoms with E-state index in [0.29, 0.717) is 16.6 Å². The summed E-state index contributed by atoms with van der Waals surface area (Å²) in [4.78, 5) is 36.6. The van der Waals surface area contributed by atoms with Gasteiger partial charge in [-0.25, -0.2) is 9.59 Å². The van der Waals surface area contributed by atoms with E-state index in [1.807, 2.05) is 24.3 Å². The average Bonchev–Trinajstić information content (AvgIpc) is 2.99. The normalized spacial score (nSPS) is 20.0. The number of nitrogens with zero attached hydrogens (tertiary/aromatic N) is 2. The number of carbonyl (C=O) groups excluding carboxylic acids is 3. The summed E-state index contributed by atoms with van der Waals surface area (Å²) in [5.74, 6) is -0.563. The van der Waals surface area contributed by atoms with Crippen LogP contribution in [0.25, 0.3) is 10.9 Å². The summed E-state index contributed by atoms with van der Waals surface area (Å²) in [7, 11) is 1.68. The fourth-order valence-electron chi connectivity index (χ4n) is 3.04. The maximum absolute atomic E-state index is 12.7. The van der Waals surface area contributed by atoms with E-state index in [9.17, 15) is 14.4 Å². The van der Waals surface area contributed by atoms with Gasteiger partial charge in [0.25, 0.3) is 5.91 Å². The lowest BCUT2D eigenvalue weighted by Gasteiger charge is -2.28. The molecule has 0 radical (unpaired) electrons. The molecule has 1 aromatic carbocycles. The fourth-order valence-corrected chi connectivity index (χ4v) is 3.04. The van der Waals surface area contributed by atoms with Crippen molar-refractivity contribution < 1.29 is 19.1 Å². The minimum atomic E-state index is -1.49. The number of aromatic nitrogens is 2. The van der Waals surface area contributed by atoms with Crippen LogP contribution in [0.3, 0.4) is 0 Å². The standard InChI is InChI=1S/C17H21N5O4/c1-16(2,3)26-15(25)18-9-17(13(23)19-14(24)20-17)12-10-7-5-6-8-11(10)21-22(12)4/h5-8H,9H2,1-4H3,(H,18,25)(H2,19,20,23,24)/t17-/m1/s1. The molecule has 4 amide bonds. The maximum Gasteiger partial charge on any atom is 0.407 e. The van der Waals surface area contributed by atoms with Gasteiger partial charge in [-0.05, 0) is 26.8 Å². The molecule has 9 nitrogen and oxygen atoms in total. The van der Waals surface area contributed by atoms with Crippen LogP contribution in [0, 0.1) is 0 Å². The van der Waals surface area contributed by atoms with Gasteiger partial charge in [0.05, 0.1) is 17.8 Å². The zero-order valence-electron chi connectivity index (χ0n) is 15.0. The second-order valence-electron chi connectivity index (χ2n) is 7.16. The smallest absolute Gasteiger partial charge is 0.407 e. The van der Waals surface area contributed by atoms with Gasteiger partial charge in [-0.1, -0.05) is 18.2 Å². The van der Waals surface area contributed by atoms with Crippen molar-refractivity contribution in [2.45, 2.75) is 31.9 Å². The molecule has 0 bridgehead atoms. The molecule has 0 saturated carbocycles. The molecule has 2 heterocycles. The van der Waals surface area contributed by atoms with Crippen molar-refractivity contribution in [1.82, 2.24) is 25.7 Å². The Kier molecular flexibility index (Phi) is 4.09. The Morgan fingerprint density at radius 2 is 2.00 bits per heavy atom. The highest BCUT2D eigenvalue weighted by molar-refractivity contribution is 6.09. The topological polar surface area (TPSA) is 114 Å². The number of rotatable bonds is 3. The number of imide groups is 1. The molecule has 1 saturated heterocycles. The van der Waals surface area contributed by atoms with Gasteiger partial charge >= 0.3 is 12.1 Å². The molecule has 1 fully saturated rings. The highest BCUT2D eigenvalue weighted by Crippen LogP contribution is 2.30. The van der Waals surface area contributed by atoms with E-state index in [0.717, 1.165) is 0 Å². The summed E-state index contributed by atoms with van der Waals surface area (Å²) >= 11 is 0.